The van der Waals surface area contributed by atoms with Crippen molar-refractivity contribution >= 4 is 23.3 Å². The molecule has 0 bridgehead atoms. The fourth-order valence-corrected chi connectivity index (χ4v) is 3.19. The lowest BCUT2D eigenvalue weighted by atomic mass is 9.96. The van der Waals surface area contributed by atoms with Crippen LogP contribution in [0.2, 0.25) is 0 Å². The molecule has 0 aliphatic carbocycles. The van der Waals surface area contributed by atoms with Crippen LogP contribution in [-0.4, -0.2) is 11.8 Å². The van der Waals surface area contributed by atoms with E-state index in [9.17, 15) is 0 Å². The number of benzene rings is 2. The number of aromatic nitrogens is 1. The number of para-hydroxylation sites is 1. The van der Waals surface area contributed by atoms with E-state index in [-0.39, 0.29) is 19.2 Å². The molecule has 0 N–H and O–H groups in total. The summed E-state index contributed by atoms with van der Waals surface area (Å²) in [6.45, 7) is 2.94. The van der Waals surface area contributed by atoms with E-state index < -0.39 is 0 Å². The van der Waals surface area contributed by atoms with Gasteiger partial charge in [0.25, 0.3) is 0 Å². The summed E-state index contributed by atoms with van der Waals surface area (Å²) < 4.78 is 16.8. The molecule has 0 fully saturated rings. The molecule has 0 amide bonds. The summed E-state index contributed by atoms with van der Waals surface area (Å²) >= 11 is 0. The zero-order chi connectivity index (χ0) is 14.7. The summed E-state index contributed by atoms with van der Waals surface area (Å²) in [6, 6.07) is 12.0. The topological polar surface area (TPSA) is 40.6 Å². The minimum atomic E-state index is 0. The monoisotopic (exact) mass is 327 g/mol. The first-order chi connectivity index (χ1) is 10.8. The highest BCUT2D eigenvalue weighted by Crippen LogP contribution is 2.42. The van der Waals surface area contributed by atoms with Gasteiger partial charge in [0, 0.05) is 22.6 Å². The third kappa shape index (κ3) is 1.95. The number of aryl methyl sites for hydroxylation is 1. The quantitative estimate of drug-likeness (QED) is 0.619. The van der Waals surface area contributed by atoms with Crippen LogP contribution in [0.1, 0.15) is 11.1 Å². The molecule has 2 aromatic carbocycles. The highest BCUT2D eigenvalue weighted by molar-refractivity contribution is 5.91. The van der Waals surface area contributed by atoms with Crippen LogP contribution >= 0.6 is 12.4 Å². The molecule has 3 aromatic rings. The second-order valence-electron chi connectivity index (χ2n) is 5.57. The molecule has 0 radical (unpaired) electrons. The van der Waals surface area contributed by atoms with Crippen molar-refractivity contribution in [3.63, 3.8) is 0 Å². The van der Waals surface area contributed by atoms with Gasteiger partial charge in [0.05, 0.1) is 11.2 Å². The molecule has 5 rings (SSSR count). The molecule has 1 aromatic heterocycles. The minimum Gasteiger partial charge on any atom is -0.488 e. The number of nitrogens with zero attached hydrogens (tertiary/aromatic N) is 1. The summed E-state index contributed by atoms with van der Waals surface area (Å²) in [7, 11) is 0. The van der Waals surface area contributed by atoms with E-state index in [1.54, 1.807) is 0 Å². The van der Waals surface area contributed by atoms with Gasteiger partial charge in [0.2, 0.25) is 6.79 Å². The van der Waals surface area contributed by atoms with Gasteiger partial charge in [-0.15, -0.1) is 12.4 Å². The smallest absolute Gasteiger partial charge is 0.231 e. The molecule has 4 nitrogen and oxygen atoms in total. The number of fused-ring (bicyclic) bond motifs is 5. The molecule has 2 aliphatic rings. The Morgan fingerprint density at radius 3 is 2.61 bits per heavy atom. The number of halogens is 1. The summed E-state index contributed by atoms with van der Waals surface area (Å²) in [5, 5.41) is 1.09. The number of ether oxygens (including phenoxy) is 3. The SMILES string of the molecule is Cc1c2c(nc3cc4c(cc13)OCO4)-c1ccccc1OC2.Cl. The molecular formula is C18H14ClNO3. The van der Waals surface area contributed by atoms with Crippen molar-refractivity contribution in [3.05, 3.63) is 47.5 Å². The van der Waals surface area contributed by atoms with Crippen LogP contribution in [0.15, 0.2) is 36.4 Å². The summed E-state index contributed by atoms with van der Waals surface area (Å²) in [5.41, 5.74) is 5.31. The van der Waals surface area contributed by atoms with E-state index in [0.717, 1.165) is 45.0 Å². The predicted molar refractivity (Wildman–Crippen MR) is 89.6 cm³/mol. The van der Waals surface area contributed by atoms with Crippen LogP contribution in [0.3, 0.4) is 0 Å². The molecule has 0 spiro atoms. The molecule has 2 aliphatic heterocycles. The Morgan fingerprint density at radius 1 is 0.957 bits per heavy atom. The van der Waals surface area contributed by atoms with E-state index in [1.807, 2.05) is 30.3 Å². The van der Waals surface area contributed by atoms with E-state index >= 15 is 0 Å². The second kappa shape index (κ2) is 5.03. The maximum absolute atomic E-state index is 5.88. The number of rotatable bonds is 0. The lowest BCUT2D eigenvalue weighted by molar-refractivity contribution is 0.174. The Morgan fingerprint density at radius 2 is 1.74 bits per heavy atom. The predicted octanol–water partition coefficient (Wildman–Crippen LogP) is 4.25. The molecule has 5 heteroatoms. The van der Waals surface area contributed by atoms with Gasteiger partial charge in [-0.3, -0.25) is 0 Å². The third-order valence-corrected chi connectivity index (χ3v) is 4.38. The van der Waals surface area contributed by atoms with Crippen LogP contribution in [0, 0.1) is 6.92 Å². The van der Waals surface area contributed by atoms with Crippen molar-refractivity contribution in [2.75, 3.05) is 6.79 Å². The third-order valence-electron chi connectivity index (χ3n) is 4.38. The zero-order valence-corrected chi connectivity index (χ0v) is 13.3. The Bertz CT molecular complexity index is 939. The van der Waals surface area contributed by atoms with E-state index in [1.165, 1.54) is 5.56 Å². The Kier molecular flexibility index (Phi) is 3.10. The molecule has 0 saturated heterocycles. The van der Waals surface area contributed by atoms with Crippen LogP contribution in [0.25, 0.3) is 22.2 Å². The van der Waals surface area contributed by atoms with Crippen LogP contribution in [0.5, 0.6) is 17.2 Å². The van der Waals surface area contributed by atoms with Crippen LogP contribution < -0.4 is 14.2 Å². The molecule has 116 valence electrons. The van der Waals surface area contributed by atoms with Gasteiger partial charge in [-0.25, -0.2) is 4.98 Å². The van der Waals surface area contributed by atoms with E-state index in [0.29, 0.717) is 6.61 Å². The first kappa shape index (κ1) is 14.2. The fourth-order valence-electron chi connectivity index (χ4n) is 3.19. The average molecular weight is 328 g/mol. The molecule has 0 saturated carbocycles. The minimum absolute atomic E-state index is 0. The summed E-state index contributed by atoms with van der Waals surface area (Å²) in [5.74, 6) is 2.44. The van der Waals surface area contributed by atoms with Gasteiger partial charge in [0.15, 0.2) is 11.5 Å². The van der Waals surface area contributed by atoms with Gasteiger partial charge in [-0.1, -0.05) is 12.1 Å². The second-order valence-corrected chi connectivity index (χ2v) is 5.57. The molecule has 0 atom stereocenters. The van der Waals surface area contributed by atoms with E-state index in [2.05, 4.69) is 13.0 Å². The van der Waals surface area contributed by atoms with Gasteiger partial charge in [-0.05, 0) is 30.7 Å². The molecule has 0 unspecified atom stereocenters. The highest BCUT2D eigenvalue weighted by Gasteiger charge is 2.23. The Balaban J connectivity index is 0.00000135. The largest absolute Gasteiger partial charge is 0.488 e. The van der Waals surface area contributed by atoms with Gasteiger partial charge in [0.1, 0.15) is 12.4 Å². The molecule has 3 heterocycles. The maximum Gasteiger partial charge on any atom is 0.231 e. The van der Waals surface area contributed by atoms with Crippen molar-refractivity contribution in [1.29, 1.82) is 0 Å². The lowest BCUT2D eigenvalue weighted by Crippen LogP contribution is -2.09. The van der Waals surface area contributed by atoms with Gasteiger partial charge >= 0.3 is 0 Å². The first-order valence-electron chi connectivity index (χ1n) is 7.26. The lowest BCUT2D eigenvalue weighted by Gasteiger charge is -2.22. The van der Waals surface area contributed by atoms with Gasteiger partial charge in [-0.2, -0.15) is 0 Å². The number of pyridine rings is 1. The summed E-state index contributed by atoms with van der Waals surface area (Å²) in [4.78, 5) is 4.88. The van der Waals surface area contributed by atoms with E-state index in [4.69, 9.17) is 19.2 Å². The van der Waals surface area contributed by atoms with Crippen molar-refractivity contribution < 1.29 is 14.2 Å². The Hall–Kier alpha value is -2.46. The molecule has 23 heavy (non-hydrogen) atoms. The van der Waals surface area contributed by atoms with Gasteiger partial charge < -0.3 is 14.2 Å². The first-order valence-corrected chi connectivity index (χ1v) is 7.26. The number of hydrogen-bond acceptors (Lipinski definition) is 4. The van der Waals surface area contributed by atoms with Crippen molar-refractivity contribution in [1.82, 2.24) is 4.98 Å². The average Bonchev–Trinajstić information content (AvgIpc) is 3.01. The standard InChI is InChI=1S/C18H13NO3.ClH/c1-10-12-6-16-17(22-9-21-16)7-14(12)19-18-11-4-2-3-5-15(11)20-8-13(10)18;/h2-7H,8-9H2,1H3;1H. The van der Waals surface area contributed by atoms with Crippen LogP contribution in [-0.2, 0) is 6.61 Å². The molecular weight excluding hydrogens is 314 g/mol. The number of hydrogen-bond donors (Lipinski definition) is 0. The zero-order valence-electron chi connectivity index (χ0n) is 12.5. The van der Waals surface area contributed by atoms with Crippen LogP contribution in [0.4, 0.5) is 0 Å². The van der Waals surface area contributed by atoms with Crippen molar-refractivity contribution in [3.8, 4) is 28.5 Å². The summed E-state index contributed by atoms with van der Waals surface area (Å²) in [6.07, 6.45) is 0. The highest BCUT2D eigenvalue weighted by atomic mass is 35.5. The normalized spacial score (nSPS) is 13.8. The fraction of sp³-hybridized carbons (Fsp3) is 0.167. The maximum atomic E-state index is 5.88. The van der Waals surface area contributed by atoms with Crippen molar-refractivity contribution in [2.24, 2.45) is 0 Å². The Labute approximate surface area is 139 Å². The van der Waals surface area contributed by atoms with Crippen molar-refractivity contribution in [2.45, 2.75) is 13.5 Å².